The molecule has 1 N–H and O–H groups in total. The highest BCUT2D eigenvalue weighted by Gasteiger charge is 2.42. The number of rotatable bonds is 14. The molecule has 0 spiro atoms. The monoisotopic (exact) mass is 454 g/mol. The molecule has 3 rings (SSSR count). The molecule has 0 bridgehead atoms. The number of hydrogen-bond acceptors (Lipinski definition) is 6. The summed E-state index contributed by atoms with van der Waals surface area (Å²) >= 11 is 0. The van der Waals surface area contributed by atoms with Crippen LogP contribution < -0.4 is 0 Å². The molecule has 3 heterocycles. The number of cyclic esters (lactones) is 1. The molecular weight excluding hydrogens is 408 g/mol. The summed E-state index contributed by atoms with van der Waals surface area (Å²) in [6, 6.07) is 0. The minimum Gasteiger partial charge on any atom is -0.460 e. The van der Waals surface area contributed by atoms with Gasteiger partial charge in [-0.25, -0.2) is 0 Å². The molecule has 3 saturated heterocycles. The second-order valence-corrected chi connectivity index (χ2v) is 10.5. The minimum atomic E-state index is -0.554. The van der Waals surface area contributed by atoms with Gasteiger partial charge in [0.1, 0.15) is 6.10 Å². The van der Waals surface area contributed by atoms with Crippen LogP contribution in [0, 0.1) is 0 Å². The van der Waals surface area contributed by atoms with Gasteiger partial charge in [-0.3, -0.25) is 4.79 Å². The Hall–Kier alpha value is -0.690. The average Bonchev–Trinajstić information content (AvgIpc) is 3.46. The van der Waals surface area contributed by atoms with E-state index in [1.54, 1.807) is 0 Å². The van der Waals surface area contributed by atoms with E-state index in [2.05, 4.69) is 6.92 Å². The number of esters is 1. The van der Waals surface area contributed by atoms with Crippen molar-refractivity contribution < 1.29 is 28.8 Å². The van der Waals surface area contributed by atoms with Crippen molar-refractivity contribution in [2.24, 2.45) is 0 Å². The van der Waals surface area contributed by atoms with Gasteiger partial charge in [0.2, 0.25) is 0 Å². The van der Waals surface area contributed by atoms with E-state index in [1.807, 2.05) is 13.8 Å². The first-order valence-corrected chi connectivity index (χ1v) is 13.3. The predicted molar refractivity (Wildman–Crippen MR) is 123 cm³/mol. The Kier molecular flexibility index (Phi) is 10.3. The van der Waals surface area contributed by atoms with Gasteiger partial charge in [0, 0.05) is 6.42 Å². The van der Waals surface area contributed by atoms with Crippen LogP contribution >= 0.6 is 0 Å². The number of unbranched alkanes of at least 4 members (excludes halogenated alkanes) is 7. The van der Waals surface area contributed by atoms with Crippen LogP contribution in [-0.2, 0) is 23.7 Å². The van der Waals surface area contributed by atoms with E-state index in [4.69, 9.17) is 18.9 Å². The van der Waals surface area contributed by atoms with Crippen LogP contribution in [0.1, 0.15) is 117 Å². The fraction of sp³-hybridized carbons (Fsp3) is 0.962. The Morgan fingerprint density at radius 2 is 1.56 bits per heavy atom. The summed E-state index contributed by atoms with van der Waals surface area (Å²) in [5.41, 5.74) is 0. The van der Waals surface area contributed by atoms with Gasteiger partial charge in [0.05, 0.1) is 30.5 Å². The Balaban J connectivity index is 1.34. The van der Waals surface area contributed by atoms with Crippen LogP contribution in [0.4, 0.5) is 0 Å². The van der Waals surface area contributed by atoms with E-state index >= 15 is 0 Å². The van der Waals surface area contributed by atoms with Crippen molar-refractivity contribution in [3.8, 4) is 0 Å². The molecule has 0 unspecified atom stereocenters. The molecule has 0 aromatic rings. The maximum absolute atomic E-state index is 11.4. The molecule has 0 amide bonds. The first-order valence-electron chi connectivity index (χ1n) is 13.3. The summed E-state index contributed by atoms with van der Waals surface area (Å²) in [6.07, 6.45) is 15.0. The van der Waals surface area contributed by atoms with Crippen LogP contribution in [0.5, 0.6) is 0 Å². The second-order valence-electron chi connectivity index (χ2n) is 10.5. The van der Waals surface area contributed by atoms with E-state index in [-0.39, 0.29) is 36.5 Å². The second kappa shape index (κ2) is 12.7. The Labute approximate surface area is 194 Å². The SMILES string of the molecule is CCCCCCCCCC[C@@H]1OC(C)(C)O[C@@H]1CC[C@H](O)[C@@H]1CC[C@@H]([C@H]2CCC(=O)O2)O1. The number of carbonyl (C=O) groups excluding carboxylic acids is 1. The summed E-state index contributed by atoms with van der Waals surface area (Å²) in [5, 5.41) is 10.7. The molecule has 0 radical (unpaired) electrons. The van der Waals surface area contributed by atoms with Crippen LogP contribution in [0.25, 0.3) is 0 Å². The van der Waals surface area contributed by atoms with Crippen LogP contribution in [0.3, 0.4) is 0 Å². The maximum atomic E-state index is 11.4. The number of aliphatic hydroxyl groups is 1. The third-order valence-electron chi connectivity index (χ3n) is 7.22. The van der Waals surface area contributed by atoms with Crippen LogP contribution in [-0.4, -0.2) is 53.5 Å². The lowest BCUT2D eigenvalue weighted by molar-refractivity contribution is -0.150. The Morgan fingerprint density at radius 1 is 0.906 bits per heavy atom. The van der Waals surface area contributed by atoms with Crippen molar-refractivity contribution in [2.45, 2.75) is 159 Å². The molecule has 6 nitrogen and oxygen atoms in total. The van der Waals surface area contributed by atoms with Crippen molar-refractivity contribution in [3.63, 3.8) is 0 Å². The molecule has 0 aromatic heterocycles. The quantitative estimate of drug-likeness (QED) is 0.279. The molecule has 0 saturated carbocycles. The summed E-state index contributed by atoms with van der Waals surface area (Å²) in [5.74, 6) is -0.687. The Morgan fingerprint density at radius 3 is 2.22 bits per heavy atom. The lowest BCUT2D eigenvalue weighted by atomic mass is 9.97. The zero-order chi connectivity index (χ0) is 23.0. The summed E-state index contributed by atoms with van der Waals surface area (Å²) in [4.78, 5) is 11.4. The molecule has 32 heavy (non-hydrogen) atoms. The lowest BCUT2D eigenvalue weighted by Gasteiger charge is -2.23. The third-order valence-corrected chi connectivity index (χ3v) is 7.22. The van der Waals surface area contributed by atoms with Gasteiger partial charge < -0.3 is 24.1 Å². The molecule has 186 valence electrons. The number of ether oxygens (including phenoxy) is 4. The van der Waals surface area contributed by atoms with Crippen LogP contribution in [0.15, 0.2) is 0 Å². The van der Waals surface area contributed by atoms with Gasteiger partial charge in [0.15, 0.2) is 5.79 Å². The molecule has 6 heteroatoms. The molecule has 0 aromatic carbocycles. The molecule has 6 atom stereocenters. The highest BCUT2D eigenvalue weighted by atomic mass is 16.7. The summed E-state index contributed by atoms with van der Waals surface area (Å²) in [6.45, 7) is 6.22. The van der Waals surface area contributed by atoms with E-state index < -0.39 is 11.9 Å². The topological polar surface area (TPSA) is 74.2 Å². The van der Waals surface area contributed by atoms with E-state index in [1.165, 1.54) is 51.4 Å². The minimum absolute atomic E-state index is 0.0252. The lowest BCUT2D eigenvalue weighted by Crippen LogP contribution is -2.32. The van der Waals surface area contributed by atoms with Gasteiger partial charge in [-0.15, -0.1) is 0 Å². The standard InChI is InChI=1S/C26H46O6/c1-4-5-6-7-8-9-10-11-12-23-24(32-26(2,3)31-23)14-13-19(27)20-15-16-21(29-20)22-17-18-25(28)30-22/h19-24,27H,4-18H2,1-3H3/t19-,20-,21-,22+,23-,24+/m0/s1. The summed E-state index contributed by atoms with van der Waals surface area (Å²) < 4.78 is 23.8. The molecule has 0 aliphatic carbocycles. The van der Waals surface area contributed by atoms with Gasteiger partial charge >= 0.3 is 5.97 Å². The van der Waals surface area contributed by atoms with Crippen molar-refractivity contribution in [1.29, 1.82) is 0 Å². The van der Waals surface area contributed by atoms with Gasteiger partial charge in [-0.2, -0.15) is 0 Å². The highest BCUT2D eigenvalue weighted by molar-refractivity contribution is 5.71. The van der Waals surface area contributed by atoms with Crippen molar-refractivity contribution in [2.75, 3.05) is 0 Å². The molecular formula is C26H46O6. The fourth-order valence-electron chi connectivity index (χ4n) is 5.45. The van der Waals surface area contributed by atoms with Gasteiger partial charge in [0.25, 0.3) is 0 Å². The highest BCUT2D eigenvalue weighted by Crippen LogP contribution is 2.35. The summed E-state index contributed by atoms with van der Waals surface area (Å²) in [7, 11) is 0. The van der Waals surface area contributed by atoms with Crippen LogP contribution in [0.2, 0.25) is 0 Å². The third kappa shape index (κ3) is 7.96. The van der Waals surface area contributed by atoms with Gasteiger partial charge in [-0.05, 0) is 52.4 Å². The van der Waals surface area contributed by atoms with Gasteiger partial charge in [-0.1, -0.05) is 58.3 Å². The largest absolute Gasteiger partial charge is 0.460 e. The zero-order valence-electron chi connectivity index (χ0n) is 20.6. The predicted octanol–water partition coefficient (Wildman–Crippen LogP) is 5.43. The number of hydrogen-bond donors (Lipinski definition) is 1. The average molecular weight is 455 g/mol. The molecule has 3 fully saturated rings. The molecule has 3 aliphatic rings. The first-order chi connectivity index (χ1) is 15.4. The fourth-order valence-corrected chi connectivity index (χ4v) is 5.45. The number of carbonyl (C=O) groups is 1. The Bertz CT molecular complexity index is 565. The number of aliphatic hydroxyl groups excluding tert-OH is 1. The van der Waals surface area contributed by atoms with Crippen molar-refractivity contribution >= 4 is 5.97 Å². The first kappa shape index (κ1) is 25.9. The van der Waals surface area contributed by atoms with Crippen molar-refractivity contribution in [1.82, 2.24) is 0 Å². The molecule has 3 aliphatic heterocycles. The zero-order valence-corrected chi connectivity index (χ0v) is 20.6. The van der Waals surface area contributed by atoms with E-state index in [0.29, 0.717) is 12.8 Å². The maximum Gasteiger partial charge on any atom is 0.306 e. The normalized spacial score (nSPS) is 33.0. The van der Waals surface area contributed by atoms with E-state index in [9.17, 15) is 9.90 Å². The van der Waals surface area contributed by atoms with E-state index in [0.717, 1.165) is 32.1 Å². The van der Waals surface area contributed by atoms with Crippen molar-refractivity contribution in [3.05, 3.63) is 0 Å². The smallest absolute Gasteiger partial charge is 0.306 e.